The maximum atomic E-state index is 12.7. The van der Waals surface area contributed by atoms with Crippen molar-refractivity contribution in [3.8, 4) is 0 Å². The highest BCUT2D eigenvalue weighted by molar-refractivity contribution is 7.16. The van der Waals surface area contributed by atoms with Gasteiger partial charge in [0.15, 0.2) is 8.32 Å². The van der Waals surface area contributed by atoms with Crippen LogP contribution in [0.5, 0.6) is 0 Å². The fraction of sp³-hybridized carbons (Fsp3) is 0.792. The first-order valence-corrected chi connectivity index (χ1v) is 15.7. The monoisotopic (exact) mass is 501 g/mol. The van der Waals surface area contributed by atoms with Crippen LogP contribution in [0.15, 0.2) is 0 Å². The van der Waals surface area contributed by atoms with Gasteiger partial charge >= 0.3 is 6.09 Å². The highest BCUT2D eigenvalue weighted by Crippen LogP contribution is 2.50. The van der Waals surface area contributed by atoms with Crippen molar-refractivity contribution in [2.75, 3.05) is 13.2 Å². The van der Waals surface area contributed by atoms with E-state index in [2.05, 4.69) is 40.8 Å². The quantitative estimate of drug-likeness (QED) is 0.414. The number of carbonyl (C=O) groups excluding carboxylic acids is 1. The van der Waals surface area contributed by atoms with Gasteiger partial charge in [-0.2, -0.15) is 0 Å². The van der Waals surface area contributed by atoms with Crippen LogP contribution in [0.25, 0.3) is 0 Å². The number of nitrogens with zero attached hydrogens (tertiary/aromatic N) is 1. The van der Waals surface area contributed by atoms with E-state index in [-0.39, 0.29) is 22.8 Å². The molecule has 1 aromatic heterocycles. The van der Waals surface area contributed by atoms with Gasteiger partial charge in [0, 0.05) is 29.4 Å². The van der Waals surface area contributed by atoms with Crippen LogP contribution >= 0.6 is 22.9 Å². The molecule has 5 nitrogen and oxygen atoms in total. The maximum absolute atomic E-state index is 12.7. The molecule has 182 valence electrons. The third-order valence-electron chi connectivity index (χ3n) is 7.14. The number of hydrogen-bond acceptors (Lipinski definition) is 5. The van der Waals surface area contributed by atoms with Crippen molar-refractivity contribution in [1.29, 1.82) is 0 Å². The molecule has 3 rings (SSSR count). The first kappa shape index (κ1) is 26.0. The number of amides is 1. The van der Waals surface area contributed by atoms with Crippen LogP contribution in [-0.4, -0.2) is 44.1 Å². The Morgan fingerprint density at radius 1 is 1.28 bits per heavy atom. The Hall–Kier alpha value is -0.603. The minimum atomic E-state index is -1.87. The highest BCUT2D eigenvalue weighted by Gasteiger charge is 2.47. The zero-order chi connectivity index (χ0) is 24.1. The van der Waals surface area contributed by atoms with Crippen LogP contribution in [-0.2, 0) is 32.5 Å². The SMILES string of the molecule is C[C@H]1C[C@@]2(CCN1C(=O)OC(C)(C)C)OCCc1c2sc(Cl)c1CO[Si](C)(C)C(C)(C)C. The summed E-state index contributed by atoms with van der Waals surface area (Å²) < 4.78 is 19.4. The molecule has 0 bridgehead atoms. The van der Waals surface area contributed by atoms with Gasteiger partial charge in [0.1, 0.15) is 11.2 Å². The molecule has 1 spiro atoms. The van der Waals surface area contributed by atoms with E-state index in [0.717, 1.165) is 29.2 Å². The van der Waals surface area contributed by atoms with Gasteiger partial charge in [0.05, 0.1) is 17.6 Å². The van der Waals surface area contributed by atoms with E-state index >= 15 is 0 Å². The minimum Gasteiger partial charge on any atom is -0.444 e. The van der Waals surface area contributed by atoms with E-state index in [9.17, 15) is 4.79 Å². The topological polar surface area (TPSA) is 48.0 Å². The number of piperidine rings is 1. The van der Waals surface area contributed by atoms with Gasteiger partial charge in [-0.25, -0.2) is 4.79 Å². The Labute approximate surface area is 203 Å². The Kier molecular flexibility index (Phi) is 7.22. The summed E-state index contributed by atoms with van der Waals surface area (Å²) in [5.74, 6) is 0. The lowest BCUT2D eigenvalue weighted by Crippen LogP contribution is -2.53. The Balaban J connectivity index is 1.81. The number of likely N-dealkylation sites (tertiary alicyclic amines) is 1. The molecule has 0 N–H and O–H groups in total. The molecule has 1 fully saturated rings. The largest absolute Gasteiger partial charge is 0.444 e. The van der Waals surface area contributed by atoms with Crippen LogP contribution in [0.1, 0.15) is 77.3 Å². The second-order valence-corrected chi connectivity index (χ2v) is 18.2. The maximum Gasteiger partial charge on any atom is 0.410 e. The Morgan fingerprint density at radius 3 is 2.50 bits per heavy atom. The molecule has 1 aromatic rings. The fourth-order valence-electron chi connectivity index (χ4n) is 4.27. The Morgan fingerprint density at radius 2 is 1.94 bits per heavy atom. The normalized spacial score (nSPS) is 24.6. The lowest BCUT2D eigenvalue weighted by atomic mass is 9.81. The van der Waals surface area contributed by atoms with Crippen molar-refractivity contribution in [2.45, 2.75) is 110 Å². The molecular weight excluding hydrogens is 462 g/mol. The van der Waals surface area contributed by atoms with Crippen LogP contribution in [0.2, 0.25) is 22.5 Å². The predicted molar refractivity (Wildman–Crippen MR) is 134 cm³/mol. The second-order valence-electron chi connectivity index (χ2n) is 11.8. The van der Waals surface area contributed by atoms with Gasteiger partial charge in [-0.05, 0) is 64.2 Å². The van der Waals surface area contributed by atoms with E-state index in [4.69, 9.17) is 25.5 Å². The van der Waals surface area contributed by atoms with Crippen molar-refractivity contribution >= 4 is 37.3 Å². The van der Waals surface area contributed by atoms with Gasteiger partial charge in [-0.15, -0.1) is 11.3 Å². The number of thiophene rings is 1. The van der Waals surface area contributed by atoms with Crippen LogP contribution in [0.3, 0.4) is 0 Å². The summed E-state index contributed by atoms with van der Waals surface area (Å²) in [6.45, 7) is 21.0. The molecule has 0 aromatic carbocycles. The lowest BCUT2D eigenvalue weighted by Gasteiger charge is -2.47. The zero-order valence-corrected chi connectivity index (χ0v) is 23.8. The van der Waals surface area contributed by atoms with Gasteiger partial charge in [0.25, 0.3) is 0 Å². The summed E-state index contributed by atoms with van der Waals surface area (Å²) in [6.07, 6.45) is 2.12. The van der Waals surface area contributed by atoms with Crippen LogP contribution < -0.4 is 0 Å². The smallest absolute Gasteiger partial charge is 0.410 e. The molecule has 32 heavy (non-hydrogen) atoms. The lowest BCUT2D eigenvalue weighted by molar-refractivity contribution is -0.108. The molecule has 0 radical (unpaired) electrons. The minimum absolute atomic E-state index is 0.0253. The molecular formula is C24H40ClNO4SSi. The number of halogens is 1. The summed E-state index contributed by atoms with van der Waals surface area (Å²) in [6, 6.07) is 0.0253. The van der Waals surface area contributed by atoms with Crippen LogP contribution in [0.4, 0.5) is 4.79 Å². The third kappa shape index (κ3) is 5.22. The molecule has 2 atom stereocenters. The molecule has 1 amide bonds. The van der Waals surface area contributed by atoms with Gasteiger partial charge in [-0.1, -0.05) is 32.4 Å². The van der Waals surface area contributed by atoms with Crippen molar-refractivity contribution in [2.24, 2.45) is 0 Å². The van der Waals surface area contributed by atoms with Gasteiger partial charge in [-0.3, -0.25) is 0 Å². The number of rotatable bonds is 3. The molecule has 1 saturated heterocycles. The summed E-state index contributed by atoms with van der Waals surface area (Å²) in [7, 11) is -1.87. The average Bonchev–Trinajstić information content (AvgIpc) is 2.94. The van der Waals surface area contributed by atoms with Crippen molar-refractivity contribution in [3.63, 3.8) is 0 Å². The van der Waals surface area contributed by atoms with E-state index in [1.54, 1.807) is 11.3 Å². The molecule has 3 heterocycles. The van der Waals surface area contributed by atoms with E-state index < -0.39 is 13.9 Å². The molecule has 0 aliphatic carbocycles. The first-order chi connectivity index (χ1) is 14.6. The molecule has 8 heteroatoms. The standard InChI is InChI=1S/C24H40ClNO4SSi/c1-16-14-24(11-12-26(16)21(27)30-22(2,3)4)19-17(10-13-28-24)18(20(25)31-19)15-29-32(8,9)23(5,6)7/h16H,10-15H2,1-9H3/t16-,24+/m0/s1. The summed E-state index contributed by atoms with van der Waals surface area (Å²) >= 11 is 8.43. The number of carbonyl (C=O) groups is 1. The third-order valence-corrected chi connectivity index (χ3v) is 13.3. The summed E-state index contributed by atoms with van der Waals surface area (Å²) in [5, 5.41) is 0.157. The highest BCUT2D eigenvalue weighted by atomic mass is 35.5. The van der Waals surface area contributed by atoms with Crippen molar-refractivity contribution in [3.05, 3.63) is 20.3 Å². The van der Waals surface area contributed by atoms with E-state index in [0.29, 0.717) is 19.8 Å². The van der Waals surface area contributed by atoms with Crippen LogP contribution in [0, 0.1) is 0 Å². The molecule has 2 aliphatic rings. The van der Waals surface area contributed by atoms with E-state index in [1.165, 1.54) is 10.4 Å². The van der Waals surface area contributed by atoms with Gasteiger partial charge in [0.2, 0.25) is 0 Å². The molecule has 0 unspecified atom stereocenters. The zero-order valence-electron chi connectivity index (χ0n) is 21.2. The second kappa shape index (κ2) is 8.88. The molecule has 2 aliphatic heterocycles. The summed E-state index contributed by atoms with van der Waals surface area (Å²) in [5.41, 5.74) is 1.57. The molecule has 0 saturated carbocycles. The van der Waals surface area contributed by atoms with Gasteiger partial charge < -0.3 is 18.8 Å². The summed E-state index contributed by atoms with van der Waals surface area (Å²) in [4.78, 5) is 15.8. The fourth-order valence-corrected chi connectivity index (χ4v) is 6.87. The number of ether oxygens (including phenoxy) is 2. The van der Waals surface area contributed by atoms with Crippen molar-refractivity contribution < 1.29 is 18.7 Å². The average molecular weight is 502 g/mol. The predicted octanol–water partition coefficient (Wildman–Crippen LogP) is 7.11. The number of hydrogen-bond donors (Lipinski definition) is 0. The van der Waals surface area contributed by atoms with Crippen molar-refractivity contribution in [1.82, 2.24) is 4.90 Å². The van der Waals surface area contributed by atoms with E-state index in [1.807, 2.05) is 25.7 Å². The Bertz CT molecular complexity index is 857. The number of fused-ring (bicyclic) bond motifs is 2. The first-order valence-electron chi connectivity index (χ1n) is 11.6.